The lowest BCUT2D eigenvalue weighted by atomic mass is 9.79. The maximum atomic E-state index is 15.3. The molecule has 0 bridgehead atoms. The number of anilines is 1. The maximum Gasteiger partial charge on any atom is 0.165 e. The summed E-state index contributed by atoms with van der Waals surface area (Å²) < 4.78 is 26.8. The Morgan fingerprint density at radius 2 is 1.83 bits per heavy atom. The molecule has 1 aliphatic heterocycles. The third-order valence-corrected chi connectivity index (χ3v) is 9.19. The minimum absolute atomic E-state index is 0.0439. The average Bonchev–Trinajstić information content (AvgIpc) is 2.99. The van der Waals surface area contributed by atoms with Crippen LogP contribution < -0.4 is 14.4 Å². The van der Waals surface area contributed by atoms with Gasteiger partial charge >= 0.3 is 0 Å². The number of ether oxygens (including phenoxy) is 2. The minimum atomic E-state index is -0.310. The molecule has 1 N–H and O–H groups in total. The predicted molar refractivity (Wildman–Crippen MR) is 164 cm³/mol. The molecular formula is C35H45FN2O3. The van der Waals surface area contributed by atoms with Gasteiger partial charge in [0.05, 0.1) is 13.2 Å². The Morgan fingerprint density at radius 3 is 2.56 bits per heavy atom. The summed E-state index contributed by atoms with van der Waals surface area (Å²) in [5, 5.41) is 9.93. The van der Waals surface area contributed by atoms with Gasteiger partial charge in [-0.15, -0.1) is 0 Å². The van der Waals surface area contributed by atoms with Gasteiger partial charge < -0.3 is 19.5 Å². The molecule has 2 aliphatic rings. The summed E-state index contributed by atoms with van der Waals surface area (Å²) in [6, 6.07) is 17.5. The highest BCUT2D eigenvalue weighted by Gasteiger charge is 2.27. The summed E-state index contributed by atoms with van der Waals surface area (Å²) in [4.78, 5) is 4.75. The first-order valence-electron chi connectivity index (χ1n) is 15.3. The number of aromatic hydroxyl groups is 1. The number of fused-ring (bicyclic) bond motifs is 1. The lowest BCUT2D eigenvalue weighted by Gasteiger charge is -2.35. The molecule has 0 spiro atoms. The zero-order valence-electron chi connectivity index (χ0n) is 25.0. The molecule has 220 valence electrons. The molecule has 1 aliphatic carbocycles. The molecule has 3 aromatic carbocycles. The summed E-state index contributed by atoms with van der Waals surface area (Å²) in [6.07, 6.45) is 5.33. The predicted octanol–water partition coefficient (Wildman–Crippen LogP) is 7.51. The number of hydrogen-bond acceptors (Lipinski definition) is 5. The fourth-order valence-electron chi connectivity index (χ4n) is 6.55. The van der Waals surface area contributed by atoms with Gasteiger partial charge in [0.15, 0.2) is 11.6 Å². The van der Waals surface area contributed by atoms with E-state index in [4.69, 9.17) is 9.47 Å². The molecule has 5 nitrogen and oxygen atoms in total. The number of likely N-dealkylation sites (tertiary alicyclic amines) is 1. The summed E-state index contributed by atoms with van der Waals surface area (Å²) in [5.41, 5.74) is 5.86. The molecule has 3 aromatic rings. The third-order valence-electron chi connectivity index (χ3n) is 9.19. The van der Waals surface area contributed by atoms with Crippen LogP contribution in [0.3, 0.4) is 0 Å². The second-order valence-electron chi connectivity index (χ2n) is 11.8. The number of methoxy groups -OCH3 is 1. The van der Waals surface area contributed by atoms with Gasteiger partial charge in [-0.1, -0.05) is 25.1 Å². The third kappa shape index (κ3) is 6.81. The lowest BCUT2D eigenvalue weighted by Crippen LogP contribution is -2.35. The average molecular weight is 561 g/mol. The van der Waals surface area contributed by atoms with Gasteiger partial charge in [-0.3, -0.25) is 4.90 Å². The smallest absolute Gasteiger partial charge is 0.165 e. The van der Waals surface area contributed by atoms with Gasteiger partial charge in [0.25, 0.3) is 0 Å². The van der Waals surface area contributed by atoms with E-state index < -0.39 is 0 Å². The first kappa shape index (κ1) is 29.2. The summed E-state index contributed by atoms with van der Waals surface area (Å²) in [5.74, 6) is 2.31. The molecule has 1 saturated heterocycles. The normalized spacial score (nSPS) is 18.5. The van der Waals surface area contributed by atoms with Crippen LogP contribution in [0.15, 0.2) is 54.6 Å². The number of aryl methyl sites for hydroxylation is 1. The number of nitrogens with zero attached hydrogens (tertiary/aromatic N) is 2. The van der Waals surface area contributed by atoms with Crippen LogP contribution >= 0.6 is 0 Å². The molecule has 6 heteroatoms. The Kier molecular flexibility index (Phi) is 9.39. The summed E-state index contributed by atoms with van der Waals surface area (Å²) >= 11 is 0. The van der Waals surface area contributed by atoms with Crippen molar-refractivity contribution >= 4 is 5.69 Å². The molecule has 41 heavy (non-hydrogen) atoms. The van der Waals surface area contributed by atoms with Crippen molar-refractivity contribution in [2.45, 2.75) is 64.8 Å². The van der Waals surface area contributed by atoms with Crippen molar-refractivity contribution in [2.24, 2.45) is 5.92 Å². The maximum absolute atomic E-state index is 15.3. The van der Waals surface area contributed by atoms with Crippen molar-refractivity contribution in [1.29, 1.82) is 0 Å². The number of halogens is 1. The van der Waals surface area contributed by atoms with Crippen molar-refractivity contribution in [3.05, 3.63) is 82.7 Å². The zero-order chi connectivity index (χ0) is 28.9. The van der Waals surface area contributed by atoms with Crippen LogP contribution in [0.25, 0.3) is 0 Å². The number of rotatable bonds is 10. The van der Waals surface area contributed by atoms with Gasteiger partial charge in [0, 0.05) is 24.8 Å². The van der Waals surface area contributed by atoms with Gasteiger partial charge in [0.2, 0.25) is 0 Å². The van der Waals surface area contributed by atoms with E-state index in [0.29, 0.717) is 24.0 Å². The van der Waals surface area contributed by atoms with Gasteiger partial charge in [-0.25, -0.2) is 4.39 Å². The molecule has 0 aromatic heterocycles. The Labute approximate surface area is 244 Å². The Bertz CT molecular complexity index is 1320. The standard InChI is InChI=1S/C35H45FN2O3/c1-5-38(25(3)26-9-13-35(33(36)22-26)41-19-18-37-16-14-24(2)15-17-37)34-23-31(40-4)11-12-32(34)29-7-6-28-21-30(39)10-8-27(28)20-29/h8-13,21-25,29,39H,5-7,14-20H2,1-4H3/t25?,29-/m1/s1. The Hall–Kier alpha value is -3.25. The SMILES string of the molecule is CCN(c1cc(OC)ccc1[C@@H]1CCc2cc(O)ccc2C1)C(C)c1ccc(OCCN2CCC(C)CC2)c(F)c1. The second kappa shape index (κ2) is 13.2. The van der Waals surface area contributed by atoms with Crippen molar-refractivity contribution in [1.82, 2.24) is 4.90 Å². The summed E-state index contributed by atoms with van der Waals surface area (Å²) in [7, 11) is 1.70. The van der Waals surface area contributed by atoms with Crippen LogP contribution in [0, 0.1) is 11.7 Å². The number of benzene rings is 3. The molecule has 1 heterocycles. The Balaban J connectivity index is 1.32. The van der Waals surface area contributed by atoms with Crippen LogP contribution in [0.2, 0.25) is 0 Å². The minimum Gasteiger partial charge on any atom is -0.508 e. The van der Waals surface area contributed by atoms with Crippen molar-refractivity contribution in [3.8, 4) is 17.2 Å². The fraction of sp³-hybridized carbons (Fsp3) is 0.486. The van der Waals surface area contributed by atoms with E-state index in [1.807, 2.05) is 18.2 Å². The number of hydrogen-bond donors (Lipinski definition) is 1. The first-order valence-corrected chi connectivity index (χ1v) is 15.3. The van der Waals surface area contributed by atoms with Crippen molar-refractivity contribution in [3.63, 3.8) is 0 Å². The molecule has 0 saturated carbocycles. The second-order valence-corrected chi connectivity index (χ2v) is 11.8. The molecule has 1 fully saturated rings. The number of phenols is 1. The van der Waals surface area contributed by atoms with Crippen molar-refractivity contribution < 1.29 is 19.0 Å². The molecule has 0 amide bonds. The molecule has 5 rings (SSSR count). The molecular weight excluding hydrogens is 515 g/mol. The van der Waals surface area contributed by atoms with Crippen LogP contribution in [-0.4, -0.2) is 49.9 Å². The van der Waals surface area contributed by atoms with Crippen LogP contribution in [-0.2, 0) is 12.8 Å². The highest BCUT2D eigenvalue weighted by molar-refractivity contribution is 5.61. The van der Waals surface area contributed by atoms with E-state index in [1.54, 1.807) is 25.3 Å². The van der Waals surface area contributed by atoms with E-state index >= 15 is 4.39 Å². The van der Waals surface area contributed by atoms with Gasteiger partial charge in [0.1, 0.15) is 18.1 Å². The highest BCUT2D eigenvalue weighted by atomic mass is 19.1. The highest BCUT2D eigenvalue weighted by Crippen LogP contribution is 2.42. The lowest BCUT2D eigenvalue weighted by molar-refractivity contribution is 0.158. The number of piperidine rings is 1. The van der Waals surface area contributed by atoms with Crippen LogP contribution in [0.5, 0.6) is 17.2 Å². The quantitative estimate of drug-likeness (QED) is 0.278. The first-order chi connectivity index (χ1) is 19.9. The summed E-state index contributed by atoms with van der Waals surface area (Å²) in [6.45, 7) is 10.9. The Morgan fingerprint density at radius 1 is 1.02 bits per heavy atom. The van der Waals surface area contributed by atoms with E-state index in [9.17, 15) is 5.11 Å². The number of phenolic OH excluding ortho intramolecular Hbond substituents is 1. The monoisotopic (exact) mass is 560 g/mol. The van der Waals surface area contributed by atoms with Crippen LogP contribution in [0.4, 0.5) is 10.1 Å². The van der Waals surface area contributed by atoms with E-state index in [2.05, 4.69) is 48.8 Å². The molecule has 1 unspecified atom stereocenters. The van der Waals surface area contributed by atoms with Crippen LogP contribution in [0.1, 0.15) is 74.2 Å². The zero-order valence-corrected chi connectivity index (χ0v) is 25.0. The van der Waals surface area contributed by atoms with E-state index in [1.165, 1.54) is 29.5 Å². The largest absolute Gasteiger partial charge is 0.508 e. The fourth-order valence-corrected chi connectivity index (χ4v) is 6.55. The topological polar surface area (TPSA) is 45.2 Å². The molecule has 0 radical (unpaired) electrons. The van der Waals surface area contributed by atoms with E-state index in [0.717, 1.165) is 68.4 Å². The van der Waals surface area contributed by atoms with Gasteiger partial charge in [-0.05, 0) is 123 Å². The van der Waals surface area contributed by atoms with Gasteiger partial charge in [-0.2, -0.15) is 0 Å². The molecule has 2 atom stereocenters. The van der Waals surface area contributed by atoms with Crippen molar-refractivity contribution in [2.75, 3.05) is 44.8 Å². The van der Waals surface area contributed by atoms with E-state index in [-0.39, 0.29) is 11.9 Å².